The molecule has 1 aromatic heterocycles. The van der Waals surface area contributed by atoms with Crippen molar-refractivity contribution in [1.82, 2.24) is 9.78 Å². The second kappa shape index (κ2) is 3.18. The number of hydrogen-bond acceptors (Lipinski definition) is 2. The minimum atomic E-state index is -3.08. The summed E-state index contributed by atoms with van der Waals surface area (Å²) in [5, 5.41) is 11.9. The SMILES string of the molecule is Cc1cnn(CC(F)(F)CO)c1. The number of rotatable bonds is 3. The van der Waals surface area contributed by atoms with Crippen LogP contribution >= 0.6 is 0 Å². The van der Waals surface area contributed by atoms with Gasteiger partial charge in [-0.3, -0.25) is 4.68 Å². The van der Waals surface area contributed by atoms with Crippen molar-refractivity contribution in [2.45, 2.75) is 19.4 Å². The normalized spacial score (nSPS) is 12.0. The lowest BCUT2D eigenvalue weighted by atomic mass is 10.3. The molecule has 0 spiro atoms. The van der Waals surface area contributed by atoms with Gasteiger partial charge in [-0.05, 0) is 12.5 Å². The average molecular weight is 176 g/mol. The summed E-state index contributed by atoms with van der Waals surface area (Å²) in [6.45, 7) is 0.0455. The van der Waals surface area contributed by atoms with Gasteiger partial charge in [0.25, 0.3) is 5.92 Å². The van der Waals surface area contributed by atoms with E-state index in [1.54, 1.807) is 6.92 Å². The molecule has 1 N–H and O–H groups in total. The molecule has 0 unspecified atom stereocenters. The Bertz CT molecular complexity index is 260. The molecule has 0 aromatic carbocycles. The van der Waals surface area contributed by atoms with E-state index in [-0.39, 0.29) is 0 Å². The van der Waals surface area contributed by atoms with Gasteiger partial charge < -0.3 is 5.11 Å². The van der Waals surface area contributed by atoms with Crippen LogP contribution in [0.4, 0.5) is 8.78 Å². The molecule has 12 heavy (non-hydrogen) atoms. The molecule has 0 bridgehead atoms. The molecule has 1 aromatic rings. The summed E-state index contributed by atoms with van der Waals surface area (Å²) in [7, 11) is 0. The lowest BCUT2D eigenvalue weighted by molar-refractivity contribution is -0.0652. The number of nitrogens with zero attached hydrogens (tertiary/aromatic N) is 2. The number of hydrogen-bond donors (Lipinski definition) is 1. The molecule has 0 aliphatic carbocycles. The van der Waals surface area contributed by atoms with E-state index in [1.807, 2.05) is 0 Å². The predicted molar refractivity (Wildman–Crippen MR) is 39.0 cm³/mol. The van der Waals surface area contributed by atoms with Crippen molar-refractivity contribution >= 4 is 0 Å². The van der Waals surface area contributed by atoms with Gasteiger partial charge in [0.1, 0.15) is 13.2 Å². The monoisotopic (exact) mass is 176 g/mol. The molecule has 0 amide bonds. The van der Waals surface area contributed by atoms with Gasteiger partial charge in [-0.25, -0.2) is 8.78 Å². The number of aliphatic hydroxyl groups is 1. The molecular weight excluding hydrogens is 166 g/mol. The van der Waals surface area contributed by atoms with E-state index < -0.39 is 19.1 Å². The van der Waals surface area contributed by atoms with Crippen LogP contribution in [-0.2, 0) is 6.54 Å². The van der Waals surface area contributed by atoms with Gasteiger partial charge in [-0.2, -0.15) is 5.10 Å². The van der Waals surface area contributed by atoms with Crippen LogP contribution in [0.2, 0.25) is 0 Å². The maximum absolute atomic E-state index is 12.5. The van der Waals surface area contributed by atoms with E-state index in [1.165, 1.54) is 12.4 Å². The van der Waals surface area contributed by atoms with E-state index in [9.17, 15) is 8.78 Å². The summed E-state index contributed by atoms with van der Waals surface area (Å²) in [6, 6.07) is 0. The smallest absolute Gasteiger partial charge is 0.289 e. The summed E-state index contributed by atoms with van der Waals surface area (Å²) < 4.78 is 26.2. The van der Waals surface area contributed by atoms with Crippen molar-refractivity contribution in [3.05, 3.63) is 18.0 Å². The third kappa shape index (κ3) is 2.27. The summed E-state index contributed by atoms with van der Waals surface area (Å²) in [4.78, 5) is 0. The maximum Gasteiger partial charge on any atom is 0.289 e. The van der Waals surface area contributed by atoms with Gasteiger partial charge in [0.05, 0.1) is 6.20 Å². The second-order valence-electron chi connectivity index (χ2n) is 2.73. The van der Waals surface area contributed by atoms with Crippen molar-refractivity contribution in [2.24, 2.45) is 0 Å². The molecule has 5 heteroatoms. The summed E-state index contributed by atoms with van der Waals surface area (Å²) >= 11 is 0. The van der Waals surface area contributed by atoms with Crippen LogP contribution in [0.1, 0.15) is 5.56 Å². The standard InChI is InChI=1S/C7H10F2N2O/c1-6-2-10-11(3-6)4-7(8,9)5-12/h2-3,12H,4-5H2,1H3. The minimum Gasteiger partial charge on any atom is -0.390 e. The number of alkyl halides is 2. The Morgan fingerprint density at radius 1 is 1.67 bits per heavy atom. The molecule has 1 heterocycles. The number of aryl methyl sites for hydroxylation is 1. The average Bonchev–Trinajstić information content (AvgIpc) is 2.35. The van der Waals surface area contributed by atoms with E-state index >= 15 is 0 Å². The Morgan fingerprint density at radius 3 is 2.75 bits per heavy atom. The van der Waals surface area contributed by atoms with Gasteiger partial charge in [0.2, 0.25) is 0 Å². The first-order valence-electron chi connectivity index (χ1n) is 3.51. The van der Waals surface area contributed by atoms with Crippen molar-refractivity contribution in [3.63, 3.8) is 0 Å². The molecule has 3 nitrogen and oxygen atoms in total. The summed E-state index contributed by atoms with van der Waals surface area (Å²) in [6.07, 6.45) is 3.00. The molecule has 68 valence electrons. The first-order valence-corrected chi connectivity index (χ1v) is 3.51. The highest BCUT2D eigenvalue weighted by molar-refractivity contribution is 4.99. The Hall–Kier alpha value is -0.970. The zero-order valence-corrected chi connectivity index (χ0v) is 6.67. The Morgan fingerprint density at radius 2 is 2.33 bits per heavy atom. The summed E-state index contributed by atoms with van der Waals surface area (Å²) in [5.74, 6) is -3.08. The van der Waals surface area contributed by atoms with Crippen molar-refractivity contribution in [2.75, 3.05) is 6.61 Å². The minimum absolute atomic E-state index is 0.572. The van der Waals surface area contributed by atoms with E-state index in [4.69, 9.17) is 5.11 Å². The first kappa shape index (κ1) is 9.12. The molecule has 0 aliphatic heterocycles. The third-order valence-electron chi connectivity index (χ3n) is 1.39. The van der Waals surface area contributed by atoms with Crippen molar-refractivity contribution in [3.8, 4) is 0 Å². The topological polar surface area (TPSA) is 38.0 Å². The first-order chi connectivity index (χ1) is 5.53. The highest BCUT2D eigenvalue weighted by Crippen LogP contribution is 2.14. The fourth-order valence-electron chi connectivity index (χ4n) is 0.840. The van der Waals surface area contributed by atoms with Gasteiger partial charge >= 0.3 is 0 Å². The quantitative estimate of drug-likeness (QED) is 0.740. The van der Waals surface area contributed by atoms with Crippen molar-refractivity contribution < 1.29 is 13.9 Å². The Balaban J connectivity index is 2.63. The van der Waals surface area contributed by atoms with Crippen LogP contribution in [0.5, 0.6) is 0 Å². The van der Waals surface area contributed by atoms with Gasteiger partial charge in [0, 0.05) is 6.20 Å². The van der Waals surface area contributed by atoms with E-state index in [0.29, 0.717) is 0 Å². The zero-order valence-electron chi connectivity index (χ0n) is 6.67. The molecule has 0 saturated heterocycles. The molecular formula is C7H10F2N2O. The largest absolute Gasteiger partial charge is 0.390 e. The molecule has 0 saturated carbocycles. The van der Waals surface area contributed by atoms with Crippen LogP contribution < -0.4 is 0 Å². The summed E-state index contributed by atoms with van der Waals surface area (Å²) in [5.41, 5.74) is 0.823. The Labute approximate surface area is 68.6 Å². The maximum atomic E-state index is 12.5. The molecule has 1 rings (SSSR count). The van der Waals surface area contributed by atoms with Crippen LogP contribution in [0.25, 0.3) is 0 Å². The fourth-order valence-corrected chi connectivity index (χ4v) is 0.840. The van der Waals surface area contributed by atoms with Crippen LogP contribution in [0.15, 0.2) is 12.4 Å². The predicted octanol–water partition coefficient (Wildman–Crippen LogP) is 0.819. The number of aliphatic hydroxyl groups excluding tert-OH is 1. The third-order valence-corrected chi connectivity index (χ3v) is 1.39. The van der Waals surface area contributed by atoms with Crippen LogP contribution in [0, 0.1) is 6.92 Å². The molecule has 0 radical (unpaired) electrons. The van der Waals surface area contributed by atoms with Crippen LogP contribution in [-0.4, -0.2) is 27.4 Å². The van der Waals surface area contributed by atoms with Crippen LogP contribution in [0.3, 0.4) is 0 Å². The zero-order chi connectivity index (χ0) is 9.19. The second-order valence-corrected chi connectivity index (χ2v) is 2.73. The number of aromatic nitrogens is 2. The molecule has 0 atom stereocenters. The molecule has 0 fully saturated rings. The van der Waals surface area contributed by atoms with E-state index in [2.05, 4.69) is 5.10 Å². The molecule has 0 aliphatic rings. The fraction of sp³-hybridized carbons (Fsp3) is 0.571. The van der Waals surface area contributed by atoms with Gasteiger partial charge in [-0.1, -0.05) is 0 Å². The van der Waals surface area contributed by atoms with Gasteiger partial charge in [-0.15, -0.1) is 0 Å². The highest BCUT2D eigenvalue weighted by atomic mass is 19.3. The van der Waals surface area contributed by atoms with Crippen molar-refractivity contribution in [1.29, 1.82) is 0 Å². The highest BCUT2D eigenvalue weighted by Gasteiger charge is 2.28. The van der Waals surface area contributed by atoms with Gasteiger partial charge in [0.15, 0.2) is 0 Å². The Kier molecular flexibility index (Phi) is 2.42. The van der Waals surface area contributed by atoms with E-state index in [0.717, 1.165) is 10.2 Å². The number of halogens is 2. The lowest BCUT2D eigenvalue weighted by Gasteiger charge is -2.12. The lowest BCUT2D eigenvalue weighted by Crippen LogP contribution is -2.28.